The number of carboxylic acids is 2. The first-order valence-electron chi connectivity index (χ1n) is 7.69. The molecule has 10 heteroatoms. The molecule has 1 aromatic carbocycles. The predicted molar refractivity (Wildman–Crippen MR) is 101 cm³/mol. The van der Waals surface area contributed by atoms with Crippen molar-refractivity contribution in [3.05, 3.63) is 52.7 Å². The van der Waals surface area contributed by atoms with Gasteiger partial charge < -0.3 is 25.6 Å². The maximum Gasteiger partial charge on any atom is 0.352 e. The van der Waals surface area contributed by atoms with E-state index < -0.39 is 17.6 Å². The van der Waals surface area contributed by atoms with Crippen LogP contribution in [0.2, 0.25) is 0 Å². The van der Waals surface area contributed by atoms with Gasteiger partial charge >= 0.3 is 11.9 Å². The molecule has 4 N–H and O–H groups in total. The van der Waals surface area contributed by atoms with Gasteiger partial charge in [-0.1, -0.05) is 18.2 Å². The smallest absolute Gasteiger partial charge is 0.352 e. The topological polar surface area (TPSA) is 133 Å². The Labute approximate surface area is 159 Å². The Morgan fingerprint density at radius 2 is 2.07 bits per heavy atom. The van der Waals surface area contributed by atoms with Crippen LogP contribution in [0.25, 0.3) is 0 Å². The lowest BCUT2D eigenvalue weighted by Crippen LogP contribution is -2.33. The van der Waals surface area contributed by atoms with Crippen molar-refractivity contribution in [2.24, 2.45) is 4.99 Å². The molecule has 0 saturated heterocycles. The number of aryl methyl sites for hydroxylation is 1. The van der Waals surface area contributed by atoms with Gasteiger partial charge in [-0.3, -0.25) is 0 Å². The van der Waals surface area contributed by atoms with Crippen LogP contribution < -0.4 is 15.4 Å². The summed E-state index contributed by atoms with van der Waals surface area (Å²) in [6.45, 7) is 1.98. The van der Waals surface area contributed by atoms with Gasteiger partial charge in [0.05, 0.1) is 25.4 Å². The van der Waals surface area contributed by atoms with Crippen LogP contribution >= 0.6 is 11.3 Å². The lowest BCUT2D eigenvalue weighted by atomic mass is 10.2. The molecule has 2 rings (SSSR count). The highest BCUT2D eigenvalue weighted by Crippen LogP contribution is 2.19. The standard InChI is InChI=1S/C17H18N4O5S/c1-10-9-27-17(19-10)21-16(20-12(15(24)25)7-14(22)23)18-8-11-5-3-4-6-13(11)26-2/h3-7,9H,8H2,1-2H3,(H,22,23)(H,24,25)(H2,18,19,20,21)/b12-7-. The normalized spacial score (nSPS) is 11.8. The maximum absolute atomic E-state index is 11.3. The molecule has 0 amide bonds. The second-order valence-electron chi connectivity index (χ2n) is 5.22. The summed E-state index contributed by atoms with van der Waals surface area (Å²) in [5, 5.41) is 25.7. The number of aromatic nitrogens is 1. The molecule has 0 bridgehead atoms. The van der Waals surface area contributed by atoms with E-state index in [1.807, 2.05) is 30.5 Å². The number of anilines is 1. The molecule has 1 heterocycles. The highest BCUT2D eigenvalue weighted by Gasteiger charge is 2.14. The Bertz CT molecular complexity index is 891. The fourth-order valence-corrected chi connectivity index (χ4v) is 2.71. The number of carbonyl (C=O) groups is 2. The fraction of sp³-hybridized carbons (Fsp3) is 0.176. The number of guanidine groups is 1. The van der Waals surface area contributed by atoms with E-state index in [1.165, 1.54) is 18.4 Å². The number of hydrogen-bond acceptors (Lipinski definition) is 6. The van der Waals surface area contributed by atoms with Crippen molar-refractivity contribution in [1.29, 1.82) is 0 Å². The van der Waals surface area contributed by atoms with Crippen LogP contribution in [-0.2, 0) is 16.1 Å². The number of thiazole rings is 1. The van der Waals surface area contributed by atoms with Crippen molar-refractivity contribution in [3.63, 3.8) is 0 Å². The molecule has 1 aromatic heterocycles. The van der Waals surface area contributed by atoms with Crippen molar-refractivity contribution in [3.8, 4) is 5.75 Å². The SMILES string of the molecule is COc1ccccc1CN=C(N/C(=C\C(=O)O)C(=O)O)Nc1nc(C)cs1. The van der Waals surface area contributed by atoms with Crippen molar-refractivity contribution >= 4 is 34.4 Å². The van der Waals surface area contributed by atoms with E-state index in [-0.39, 0.29) is 12.5 Å². The van der Waals surface area contributed by atoms with Crippen LogP contribution in [0.3, 0.4) is 0 Å². The molecule has 0 saturated carbocycles. The number of ether oxygens (including phenoxy) is 1. The number of rotatable bonds is 7. The minimum absolute atomic E-state index is 0.0464. The quantitative estimate of drug-likeness (QED) is 0.321. The number of aliphatic carboxylic acids is 2. The number of benzene rings is 1. The van der Waals surface area contributed by atoms with Crippen molar-refractivity contribution in [2.75, 3.05) is 12.4 Å². The van der Waals surface area contributed by atoms with Crippen LogP contribution in [-0.4, -0.2) is 40.2 Å². The number of methoxy groups -OCH3 is 1. The molecule has 0 aliphatic carbocycles. The van der Waals surface area contributed by atoms with Gasteiger partial charge in [-0.15, -0.1) is 11.3 Å². The van der Waals surface area contributed by atoms with Gasteiger partial charge in [-0.05, 0) is 13.0 Å². The van der Waals surface area contributed by atoms with Gasteiger partial charge in [0.15, 0.2) is 5.13 Å². The van der Waals surface area contributed by atoms with Crippen molar-refractivity contribution in [1.82, 2.24) is 10.3 Å². The molecule has 0 fully saturated rings. The van der Waals surface area contributed by atoms with Gasteiger partial charge in [0.2, 0.25) is 5.96 Å². The average Bonchev–Trinajstić information content (AvgIpc) is 3.03. The molecule has 142 valence electrons. The van der Waals surface area contributed by atoms with E-state index >= 15 is 0 Å². The van der Waals surface area contributed by atoms with Gasteiger partial charge in [0, 0.05) is 10.9 Å². The third-order valence-corrected chi connectivity index (χ3v) is 4.07. The number of nitrogens with zero attached hydrogens (tertiary/aromatic N) is 2. The lowest BCUT2D eigenvalue weighted by molar-refractivity contribution is -0.135. The van der Waals surface area contributed by atoms with Crippen LogP contribution in [0, 0.1) is 6.92 Å². The molecular weight excluding hydrogens is 372 g/mol. The Hall–Kier alpha value is -3.40. The monoisotopic (exact) mass is 390 g/mol. The first-order valence-corrected chi connectivity index (χ1v) is 8.57. The van der Waals surface area contributed by atoms with Gasteiger partial charge in [0.1, 0.15) is 11.4 Å². The Kier molecular flexibility index (Phi) is 6.89. The summed E-state index contributed by atoms with van der Waals surface area (Å²) in [6, 6.07) is 7.24. The summed E-state index contributed by atoms with van der Waals surface area (Å²) >= 11 is 1.31. The van der Waals surface area contributed by atoms with E-state index in [0.717, 1.165) is 11.3 Å². The van der Waals surface area contributed by atoms with Crippen LogP contribution in [0.5, 0.6) is 5.75 Å². The Balaban J connectivity index is 2.30. The lowest BCUT2D eigenvalue weighted by Gasteiger charge is -2.12. The molecule has 0 unspecified atom stereocenters. The minimum Gasteiger partial charge on any atom is -0.496 e. The predicted octanol–water partition coefficient (Wildman–Crippen LogP) is 2.07. The van der Waals surface area contributed by atoms with Crippen LogP contribution in [0.1, 0.15) is 11.3 Å². The number of nitrogens with one attached hydrogen (secondary N) is 2. The largest absolute Gasteiger partial charge is 0.496 e. The zero-order chi connectivity index (χ0) is 19.8. The first-order chi connectivity index (χ1) is 12.9. The summed E-state index contributed by atoms with van der Waals surface area (Å²) < 4.78 is 5.27. The fourth-order valence-electron chi connectivity index (χ4n) is 2.02. The molecule has 0 atom stereocenters. The molecule has 0 radical (unpaired) electrons. The summed E-state index contributed by atoms with van der Waals surface area (Å²) in [5.74, 6) is -2.15. The molecule has 27 heavy (non-hydrogen) atoms. The highest BCUT2D eigenvalue weighted by atomic mass is 32.1. The van der Waals surface area contributed by atoms with E-state index in [0.29, 0.717) is 17.0 Å². The van der Waals surface area contributed by atoms with Crippen molar-refractivity contribution in [2.45, 2.75) is 13.5 Å². The number of aliphatic imine (C=N–C) groups is 1. The zero-order valence-electron chi connectivity index (χ0n) is 14.6. The second kappa shape index (κ2) is 9.34. The highest BCUT2D eigenvalue weighted by molar-refractivity contribution is 7.13. The van der Waals surface area contributed by atoms with Gasteiger partial charge in [-0.25, -0.2) is 19.6 Å². The second-order valence-corrected chi connectivity index (χ2v) is 6.08. The molecule has 0 spiro atoms. The van der Waals surface area contributed by atoms with E-state index in [9.17, 15) is 14.7 Å². The number of para-hydroxylation sites is 1. The summed E-state index contributed by atoms with van der Waals surface area (Å²) in [7, 11) is 1.54. The third-order valence-electron chi connectivity index (χ3n) is 3.20. The summed E-state index contributed by atoms with van der Waals surface area (Å²) in [6.07, 6.45) is 0.551. The summed E-state index contributed by atoms with van der Waals surface area (Å²) in [5.41, 5.74) is 1.02. The van der Waals surface area contributed by atoms with E-state index in [2.05, 4.69) is 20.6 Å². The van der Waals surface area contributed by atoms with Crippen LogP contribution in [0.4, 0.5) is 5.13 Å². The Morgan fingerprint density at radius 1 is 1.33 bits per heavy atom. The van der Waals surface area contributed by atoms with E-state index in [4.69, 9.17) is 9.84 Å². The molecule has 0 aliphatic rings. The van der Waals surface area contributed by atoms with Crippen molar-refractivity contribution < 1.29 is 24.5 Å². The number of hydrogen-bond donors (Lipinski definition) is 4. The van der Waals surface area contributed by atoms with Crippen LogP contribution in [0.15, 0.2) is 46.4 Å². The zero-order valence-corrected chi connectivity index (χ0v) is 15.4. The first kappa shape index (κ1) is 19.9. The van der Waals surface area contributed by atoms with Gasteiger partial charge in [-0.2, -0.15) is 0 Å². The third kappa shape index (κ3) is 6.12. The summed E-state index contributed by atoms with van der Waals surface area (Å²) in [4.78, 5) is 30.7. The molecule has 9 nitrogen and oxygen atoms in total. The Morgan fingerprint density at radius 3 is 2.67 bits per heavy atom. The number of carboxylic acid groups (broad SMARTS) is 2. The van der Waals surface area contributed by atoms with Gasteiger partial charge in [0.25, 0.3) is 0 Å². The minimum atomic E-state index is -1.43. The molecule has 0 aliphatic heterocycles. The van der Waals surface area contributed by atoms with E-state index in [1.54, 1.807) is 6.07 Å². The maximum atomic E-state index is 11.3. The average molecular weight is 390 g/mol. The molecular formula is C17H18N4O5S. The molecule has 2 aromatic rings.